The highest BCUT2D eigenvalue weighted by atomic mass is 16.3. The van der Waals surface area contributed by atoms with E-state index in [0.29, 0.717) is 13.0 Å². The third kappa shape index (κ3) is 2.96. The highest BCUT2D eigenvalue weighted by Crippen LogP contribution is 2.12. The number of rotatable bonds is 4. The number of carbonyl (C=O) groups is 1. The van der Waals surface area contributed by atoms with Crippen molar-refractivity contribution in [2.75, 3.05) is 26.2 Å². The SMILES string of the molecule is CCC(=O)N(CCO)N1CCCCC1. The van der Waals surface area contributed by atoms with Gasteiger partial charge in [-0.25, -0.2) is 5.01 Å². The summed E-state index contributed by atoms with van der Waals surface area (Å²) in [6.07, 6.45) is 4.07. The fourth-order valence-electron chi connectivity index (χ4n) is 1.82. The molecule has 1 N–H and O–H groups in total. The average molecular weight is 200 g/mol. The molecule has 82 valence electrons. The lowest BCUT2D eigenvalue weighted by molar-refractivity contribution is -0.151. The predicted octanol–water partition coefficient (Wildman–Crippen LogP) is 0.618. The molecule has 0 unspecified atom stereocenters. The molecule has 4 heteroatoms. The minimum absolute atomic E-state index is 0.0439. The lowest BCUT2D eigenvalue weighted by atomic mass is 10.2. The number of carbonyl (C=O) groups excluding carboxylic acids is 1. The van der Waals surface area contributed by atoms with Gasteiger partial charge in [-0.3, -0.25) is 9.80 Å². The van der Waals surface area contributed by atoms with Crippen molar-refractivity contribution < 1.29 is 9.90 Å². The van der Waals surface area contributed by atoms with Gasteiger partial charge >= 0.3 is 0 Å². The third-order valence-corrected chi connectivity index (χ3v) is 2.58. The van der Waals surface area contributed by atoms with Crippen molar-refractivity contribution in [3.8, 4) is 0 Å². The molecule has 1 aliphatic heterocycles. The Morgan fingerprint density at radius 2 is 2.00 bits per heavy atom. The number of piperidine rings is 1. The quantitative estimate of drug-likeness (QED) is 0.723. The topological polar surface area (TPSA) is 43.8 Å². The molecule has 4 nitrogen and oxygen atoms in total. The molecular weight excluding hydrogens is 180 g/mol. The summed E-state index contributed by atoms with van der Waals surface area (Å²) >= 11 is 0. The molecule has 1 rings (SSSR count). The van der Waals surface area contributed by atoms with E-state index in [9.17, 15) is 4.79 Å². The largest absolute Gasteiger partial charge is 0.394 e. The summed E-state index contributed by atoms with van der Waals surface area (Å²) in [4.78, 5) is 11.6. The van der Waals surface area contributed by atoms with E-state index in [4.69, 9.17) is 5.11 Å². The Hall–Kier alpha value is -0.610. The number of nitrogens with zero attached hydrogens (tertiary/aromatic N) is 2. The summed E-state index contributed by atoms with van der Waals surface area (Å²) in [5, 5.41) is 12.7. The van der Waals surface area contributed by atoms with E-state index in [1.165, 1.54) is 6.42 Å². The van der Waals surface area contributed by atoms with Crippen LogP contribution in [0.25, 0.3) is 0 Å². The normalized spacial score (nSPS) is 18.1. The maximum atomic E-state index is 11.6. The van der Waals surface area contributed by atoms with Crippen molar-refractivity contribution in [1.29, 1.82) is 0 Å². The van der Waals surface area contributed by atoms with E-state index >= 15 is 0 Å². The first-order valence-electron chi connectivity index (χ1n) is 5.45. The molecule has 1 fully saturated rings. The van der Waals surface area contributed by atoms with Gasteiger partial charge in [0.2, 0.25) is 5.91 Å². The van der Waals surface area contributed by atoms with Crippen molar-refractivity contribution in [3.05, 3.63) is 0 Å². The Balaban J connectivity index is 2.50. The molecule has 1 amide bonds. The number of amides is 1. The summed E-state index contributed by atoms with van der Waals surface area (Å²) in [7, 11) is 0. The standard InChI is InChI=1S/C10H20N2O2/c1-2-10(14)12(8-9-13)11-6-4-3-5-7-11/h13H,2-9H2,1H3. The van der Waals surface area contributed by atoms with Gasteiger partial charge in [0, 0.05) is 19.5 Å². The Labute approximate surface area is 85.5 Å². The summed E-state index contributed by atoms with van der Waals surface area (Å²) in [6, 6.07) is 0. The van der Waals surface area contributed by atoms with E-state index in [0.717, 1.165) is 25.9 Å². The van der Waals surface area contributed by atoms with Crippen LogP contribution in [0.1, 0.15) is 32.6 Å². The average Bonchev–Trinajstić information content (AvgIpc) is 2.26. The first-order valence-corrected chi connectivity index (χ1v) is 5.45. The highest BCUT2D eigenvalue weighted by Gasteiger charge is 2.20. The number of hydrazine groups is 1. The van der Waals surface area contributed by atoms with Crippen LogP contribution < -0.4 is 0 Å². The predicted molar refractivity (Wildman–Crippen MR) is 54.5 cm³/mol. The van der Waals surface area contributed by atoms with Crippen LogP contribution in [-0.4, -0.2) is 47.3 Å². The molecule has 1 saturated heterocycles. The number of hydrogen-bond donors (Lipinski definition) is 1. The van der Waals surface area contributed by atoms with Gasteiger partial charge in [-0.1, -0.05) is 13.3 Å². The van der Waals surface area contributed by atoms with Gasteiger partial charge < -0.3 is 5.11 Å². The van der Waals surface area contributed by atoms with E-state index in [1.54, 1.807) is 5.01 Å². The van der Waals surface area contributed by atoms with Crippen molar-refractivity contribution in [3.63, 3.8) is 0 Å². The molecule has 0 aromatic rings. The van der Waals surface area contributed by atoms with Gasteiger partial charge in [-0.05, 0) is 12.8 Å². The zero-order valence-corrected chi connectivity index (χ0v) is 8.91. The van der Waals surface area contributed by atoms with E-state index in [2.05, 4.69) is 5.01 Å². The van der Waals surface area contributed by atoms with Crippen molar-refractivity contribution in [1.82, 2.24) is 10.0 Å². The second-order valence-electron chi connectivity index (χ2n) is 3.61. The number of hydrogen-bond acceptors (Lipinski definition) is 3. The molecule has 0 spiro atoms. The summed E-state index contributed by atoms with van der Waals surface area (Å²) in [5.74, 6) is 0.112. The fourth-order valence-corrected chi connectivity index (χ4v) is 1.82. The first kappa shape index (κ1) is 11.5. The van der Waals surface area contributed by atoms with Gasteiger partial charge in [0.05, 0.1) is 13.2 Å². The summed E-state index contributed by atoms with van der Waals surface area (Å²) < 4.78 is 0. The fraction of sp³-hybridized carbons (Fsp3) is 0.900. The van der Waals surface area contributed by atoms with Crippen molar-refractivity contribution in [2.24, 2.45) is 0 Å². The van der Waals surface area contributed by atoms with Gasteiger partial charge in [0.1, 0.15) is 0 Å². The number of aliphatic hydroxyl groups is 1. The first-order chi connectivity index (χ1) is 6.79. The van der Waals surface area contributed by atoms with Crippen LogP contribution in [0.4, 0.5) is 0 Å². The minimum atomic E-state index is 0.0439. The van der Waals surface area contributed by atoms with Crippen LogP contribution in [-0.2, 0) is 4.79 Å². The molecule has 0 radical (unpaired) electrons. The summed E-state index contributed by atoms with van der Waals surface area (Å²) in [6.45, 7) is 4.24. The molecule has 1 aliphatic rings. The molecule has 0 aliphatic carbocycles. The van der Waals surface area contributed by atoms with Gasteiger partial charge in [-0.15, -0.1) is 0 Å². The Morgan fingerprint density at radius 3 is 2.50 bits per heavy atom. The second-order valence-corrected chi connectivity index (χ2v) is 3.61. The molecule has 0 bridgehead atoms. The van der Waals surface area contributed by atoms with E-state index in [1.807, 2.05) is 6.92 Å². The number of aliphatic hydroxyl groups excluding tert-OH is 1. The monoisotopic (exact) mass is 200 g/mol. The van der Waals surface area contributed by atoms with Gasteiger partial charge in [0.25, 0.3) is 0 Å². The Bertz CT molecular complexity index is 179. The second kappa shape index (κ2) is 5.98. The van der Waals surface area contributed by atoms with Crippen LogP contribution in [0.3, 0.4) is 0 Å². The van der Waals surface area contributed by atoms with Gasteiger partial charge in [0.15, 0.2) is 0 Å². The summed E-state index contributed by atoms with van der Waals surface area (Å²) in [5.41, 5.74) is 0. The van der Waals surface area contributed by atoms with E-state index in [-0.39, 0.29) is 12.5 Å². The van der Waals surface area contributed by atoms with Crippen LogP contribution >= 0.6 is 0 Å². The van der Waals surface area contributed by atoms with Crippen molar-refractivity contribution >= 4 is 5.91 Å². The lowest BCUT2D eigenvalue weighted by Crippen LogP contribution is -2.49. The molecule has 0 aromatic carbocycles. The molecule has 1 heterocycles. The van der Waals surface area contributed by atoms with Crippen LogP contribution in [0.15, 0.2) is 0 Å². The molecule has 0 aromatic heterocycles. The Morgan fingerprint density at radius 1 is 1.36 bits per heavy atom. The maximum Gasteiger partial charge on any atom is 0.236 e. The highest BCUT2D eigenvalue weighted by molar-refractivity contribution is 5.75. The van der Waals surface area contributed by atoms with Crippen LogP contribution in [0.2, 0.25) is 0 Å². The molecular formula is C10H20N2O2. The van der Waals surface area contributed by atoms with Gasteiger partial charge in [-0.2, -0.15) is 0 Å². The molecule has 0 saturated carbocycles. The smallest absolute Gasteiger partial charge is 0.236 e. The Kier molecular flexibility index (Phi) is 4.90. The molecule has 0 atom stereocenters. The molecule has 14 heavy (non-hydrogen) atoms. The third-order valence-electron chi connectivity index (χ3n) is 2.58. The van der Waals surface area contributed by atoms with E-state index < -0.39 is 0 Å². The van der Waals surface area contributed by atoms with Crippen LogP contribution in [0, 0.1) is 0 Å². The minimum Gasteiger partial charge on any atom is -0.394 e. The zero-order chi connectivity index (χ0) is 10.4. The van der Waals surface area contributed by atoms with Crippen LogP contribution in [0.5, 0.6) is 0 Å². The zero-order valence-electron chi connectivity index (χ0n) is 8.91. The van der Waals surface area contributed by atoms with Crippen molar-refractivity contribution in [2.45, 2.75) is 32.6 Å². The lowest BCUT2D eigenvalue weighted by Gasteiger charge is -2.36. The maximum absolute atomic E-state index is 11.6.